The molecule has 6 aromatic heterocycles. The lowest BCUT2D eigenvalue weighted by Gasteiger charge is -2.13. The van der Waals surface area contributed by atoms with E-state index in [4.69, 9.17) is 30.9 Å². The number of imidazole rings is 1. The molecule has 0 atom stereocenters. The van der Waals surface area contributed by atoms with Gasteiger partial charge < -0.3 is 35.4 Å². The van der Waals surface area contributed by atoms with Crippen molar-refractivity contribution in [1.29, 1.82) is 0 Å². The summed E-state index contributed by atoms with van der Waals surface area (Å²) < 4.78 is 19.2. The molecule has 3 amide bonds. The highest BCUT2D eigenvalue weighted by Crippen LogP contribution is 2.35. The smallest absolute Gasteiger partial charge is 0.276 e. The number of aromatic nitrogens is 10. The molecule has 1 aromatic carbocycles. The van der Waals surface area contributed by atoms with Gasteiger partial charge >= 0.3 is 0 Å². The second kappa shape index (κ2) is 16.8. The Kier molecular flexibility index (Phi) is 11.4. The van der Waals surface area contributed by atoms with Crippen LogP contribution in [0.1, 0.15) is 63.0 Å². The number of nitrogens with one attached hydrogen (secondary N) is 2. The fraction of sp³-hybridized carbons (Fsp3) is 0.325. The number of benzene rings is 1. The van der Waals surface area contributed by atoms with Gasteiger partial charge in [-0.25, -0.2) is 19.9 Å². The molecule has 0 aliphatic heterocycles. The number of primary amides is 2. The summed E-state index contributed by atoms with van der Waals surface area (Å²) in [6, 6.07) is 8.31. The molecule has 7 rings (SSSR count). The summed E-state index contributed by atoms with van der Waals surface area (Å²) in [5, 5.41) is 15.7. The zero-order valence-electron chi connectivity index (χ0n) is 33.7. The van der Waals surface area contributed by atoms with Gasteiger partial charge in [0.15, 0.2) is 5.82 Å². The summed E-state index contributed by atoms with van der Waals surface area (Å²) >= 11 is 0. The minimum atomic E-state index is -0.705. The van der Waals surface area contributed by atoms with E-state index in [9.17, 15) is 14.4 Å². The Morgan fingerprint density at radius 1 is 0.847 bits per heavy atom. The number of ether oxygens (including phenoxy) is 2. The predicted molar refractivity (Wildman–Crippen MR) is 222 cm³/mol. The molecule has 0 bridgehead atoms. The molecular weight excluding hydrogens is 757 g/mol. The number of aryl methyl sites for hydroxylation is 4. The number of carbonyl (C=O) groups is 3. The van der Waals surface area contributed by atoms with Gasteiger partial charge in [0.05, 0.1) is 36.0 Å². The van der Waals surface area contributed by atoms with Crippen LogP contribution in [-0.2, 0) is 26.2 Å². The van der Waals surface area contributed by atoms with Crippen molar-refractivity contribution in [2.75, 3.05) is 32.6 Å². The summed E-state index contributed by atoms with van der Waals surface area (Å²) in [6.45, 7) is 10.3. The van der Waals surface area contributed by atoms with E-state index >= 15 is 0 Å². The average Bonchev–Trinajstić information content (AvgIpc) is 3.98. The maximum absolute atomic E-state index is 13.7. The highest BCUT2D eigenvalue weighted by molar-refractivity contribution is 6.08. The molecule has 0 fully saturated rings. The number of pyridine rings is 1. The highest BCUT2D eigenvalue weighted by atomic mass is 16.5. The van der Waals surface area contributed by atoms with Crippen LogP contribution in [0.3, 0.4) is 0 Å². The van der Waals surface area contributed by atoms with Crippen molar-refractivity contribution in [2.45, 2.75) is 60.3 Å². The lowest BCUT2D eigenvalue weighted by Crippen LogP contribution is -2.20. The van der Waals surface area contributed by atoms with Gasteiger partial charge in [-0.2, -0.15) is 10.2 Å². The van der Waals surface area contributed by atoms with E-state index in [0.29, 0.717) is 94.5 Å². The molecule has 7 aromatic rings. The third-order valence-corrected chi connectivity index (χ3v) is 9.73. The third-order valence-electron chi connectivity index (χ3n) is 9.73. The quantitative estimate of drug-likeness (QED) is 0.0760. The van der Waals surface area contributed by atoms with Crippen molar-refractivity contribution in [3.8, 4) is 23.0 Å². The summed E-state index contributed by atoms with van der Waals surface area (Å²) in [4.78, 5) is 57.6. The van der Waals surface area contributed by atoms with Gasteiger partial charge in [-0.3, -0.25) is 29.1 Å². The minimum Gasteiger partial charge on any atom is -0.494 e. The summed E-state index contributed by atoms with van der Waals surface area (Å²) in [5.41, 5.74) is 16.8. The van der Waals surface area contributed by atoms with Crippen molar-refractivity contribution in [3.63, 3.8) is 0 Å². The number of nitrogens with two attached hydrogens (primary N) is 2. The van der Waals surface area contributed by atoms with Crippen LogP contribution < -0.4 is 31.6 Å². The number of hydrogen-bond acceptors (Lipinski definition) is 12. The Labute approximate surface area is 338 Å². The summed E-state index contributed by atoms with van der Waals surface area (Å²) in [6.07, 6.45) is 6.22. The first-order valence-electron chi connectivity index (χ1n) is 19.2. The Morgan fingerprint density at radius 2 is 1.58 bits per heavy atom. The predicted octanol–water partition coefficient (Wildman–Crippen LogP) is 3.75. The van der Waals surface area contributed by atoms with Crippen molar-refractivity contribution in [3.05, 3.63) is 77.0 Å². The van der Waals surface area contributed by atoms with Crippen LogP contribution >= 0.6 is 0 Å². The van der Waals surface area contributed by atoms with Crippen molar-refractivity contribution >= 4 is 56.8 Å². The highest BCUT2D eigenvalue weighted by Gasteiger charge is 2.24. The number of hydrogen-bond donors (Lipinski definition) is 4. The molecule has 0 saturated carbocycles. The van der Waals surface area contributed by atoms with Crippen molar-refractivity contribution in [2.24, 2.45) is 11.5 Å². The molecule has 0 unspecified atom stereocenters. The zero-order valence-corrected chi connectivity index (χ0v) is 33.7. The fourth-order valence-corrected chi connectivity index (χ4v) is 7.05. The number of nitrogens with zero attached hydrogens (tertiary/aromatic N) is 10. The molecule has 6 heterocycles. The number of fused-ring (bicyclic) bond motifs is 4. The van der Waals surface area contributed by atoms with Gasteiger partial charge in [-0.05, 0) is 72.0 Å². The molecule has 19 nitrogen and oxygen atoms in total. The summed E-state index contributed by atoms with van der Waals surface area (Å²) in [7, 11) is 3.36. The standard InChI is InChI=1S/C40H46N14O5/c1-7-53-28(16-22(3)49-53)37-44-21-25-32-34(30(58-6)20-27(45-32)36(42)56)51(38(25)47-37)13-9-10-14-52-33-26(18-24(35(41)55)19-31(33)59-15-11-12-43-5)46-40(52)48-39(57)29-17-23(4)50-54(29)8-2/h9-10,16-21,43H,7-8,11-15H2,1-6H3,(H2,41,55)(H2,42,56)(H,46,48,57)/b10-9+. The van der Waals surface area contributed by atoms with Gasteiger partial charge in [0, 0.05) is 44.0 Å². The summed E-state index contributed by atoms with van der Waals surface area (Å²) in [5.74, 6) is -0.307. The minimum absolute atomic E-state index is 0.0369. The molecule has 0 saturated heterocycles. The van der Waals surface area contributed by atoms with Crippen molar-refractivity contribution < 1.29 is 23.9 Å². The monoisotopic (exact) mass is 802 g/mol. The van der Waals surface area contributed by atoms with Gasteiger partial charge in [0.2, 0.25) is 11.9 Å². The van der Waals surface area contributed by atoms with E-state index < -0.39 is 17.7 Å². The third kappa shape index (κ3) is 7.78. The molecular formula is C40H46N14O5. The van der Waals surface area contributed by atoms with E-state index in [1.807, 2.05) is 66.8 Å². The van der Waals surface area contributed by atoms with Crippen LogP contribution in [-0.4, -0.2) is 93.7 Å². The molecule has 306 valence electrons. The van der Waals surface area contributed by atoms with Gasteiger partial charge in [0.25, 0.3) is 11.8 Å². The first kappa shape index (κ1) is 40.1. The number of amides is 3. The molecule has 0 spiro atoms. The van der Waals surface area contributed by atoms with Crippen molar-refractivity contribution in [1.82, 2.24) is 53.9 Å². The topological polar surface area (TPSA) is 243 Å². The number of methoxy groups -OCH3 is 1. The number of carbonyl (C=O) groups excluding carboxylic acids is 3. The first-order valence-corrected chi connectivity index (χ1v) is 19.2. The number of anilines is 1. The Bertz CT molecular complexity index is 2770. The van der Waals surface area contributed by atoms with Gasteiger partial charge in [-0.15, -0.1) is 0 Å². The van der Waals surface area contributed by atoms with E-state index in [0.717, 1.165) is 11.4 Å². The zero-order chi connectivity index (χ0) is 42.0. The van der Waals surface area contributed by atoms with Crippen LogP contribution in [0.2, 0.25) is 0 Å². The van der Waals surface area contributed by atoms with Crippen LogP contribution in [0.15, 0.2) is 48.7 Å². The second-order valence-corrected chi connectivity index (χ2v) is 13.8. The molecule has 0 radical (unpaired) electrons. The van der Waals surface area contributed by atoms with Crippen LogP contribution in [0.25, 0.3) is 44.6 Å². The average molecular weight is 803 g/mol. The molecule has 19 heteroatoms. The second-order valence-electron chi connectivity index (χ2n) is 13.8. The van der Waals surface area contributed by atoms with E-state index in [1.165, 1.54) is 13.2 Å². The molecule has 0 aliphatic rings. The van der Waals surface area contributed by atoms with E-state index in [-0.39, 0.29) is 30.3 Å². The SMILES string of the molecule is CCn1nc(C)cc1C(=O)Nc1nc2cc(C(N)=O)cc(OCCCNC)c2n1C/C=C/Cn1c2nc(-c3cc(C)nn3CC)ncc2c2nc(C(N)=O)cc(OC)c21. The normalized spacial score (nSPS) is 11.7. The van der Waals surface area contributed by atoms with E-state index in [1.54, 1.807) is 29.1 Å². The molecule has 59 heavy (non-hydrogen) atoms. The Morgan fingerprint density at radius 3 is 2.27 bits per heavy atom. The largest absolute Gasteiger partial charge is 0.494 e. The Balaban J connectivity index is 1.33. The number of rotatable bonds is 17. The lowest BCUT2D eigenvalue weighted by molar-refractivity contribution is 0.0989. The molecule has 6 N–H and O–H groups in total. The van der Waals surface area contributed by atoms with Crippen LogP contribution in [0, 0.1) is 13.8 Å². The molecule has 0 aliphatic carbocycles. The maximum Gasteiger partial charge on any atom is 0.276 e. The van der Waals surface area contributed by atoms with Gasteiger partial charge in [0.1, 0.15) is 50.8 Å². The Hall–Kier alpha value is -7.15. The lowest BCUT2D eigenvalue weighted by atomic mass is 10.1. The van der Waals surface area contributed by atoms with Crippen LogP contribution in [0.5, 0.6) is 11.5 Å². The fourth-order valence-electron chi connectivity index (χ4n) is 7.05. The maximum atomic E-state index is 13.7. The van der Waals surface area contributed by atoms with Crippen LogP contribution in [0.4, 0.5) is 5.95 Å². The van der Waals surface area contributed by atoms with Gasteiger partial charge in [-0.1, -0.05) is 12.2 Å². The first-order chi connectivity index (χ1) is 28.5. The number of allylic oxidation sites excluding steroid dienone is 2. The van der Waals surface area contributed by atoms with E-state index in [2.05, 4.69) is 30.8 Å².